The number of benzene rings is 1. The van der Waals surface area contributed by atoms with Crippen molar-refractivity contribution in [3.63, 3.8) is 0 Å². The molecule has 2 rings (SSSR count). The number of hydrogen-bond acceptors (Lipinski definition) is 2. The van der Waals surface area contributed by atoms with Crippen molar-refractivity contribution in [2.24, 2.45) is 0 Å². The Kier molecular flexibility index (Phi) is 4.72. The van der Waals surface area contributed by atoms with Crippen molar-refractivity contribution in [1.29, 1.82) is 0 Å². The Morgan fingerprint density at radius 3 is 2.90 bits per heavy atom. The lowest BCUT2D eigenvalue weighted by atomic mass is 10.0. The zero-order chi connectivity index (χ0) is 14.9. The van der Waals surface area contributed by atoms with Crippen LogP contribution in [0.15, 0.2) is 18.2 Å². The van der Waals surface area contributed by atoms with Crippen molar-refractivity contribution < 1.29 is 13.9 Å². The summed E-state index contributed by atoms with van der Waals surface area (Å²) in [5, 5.41) is 0.784. The molecular weight excluding hydrogens is 349 g/mol. The van der Waals surface area contributed by atoms with Crippen molar-refractivity contribution >= 4 is 33.4 Å². The SMILES string of the molecule is CC1(C)CN(C(=O)c2ccc(F)cc2Cl)CC(CBr)O1. The number of carbonyl (C=O) groups excluding carboxylic acids is 1. The van der Waals surface area contributed by atoms with Crippen LogP contribution in [0.25, 0.3) is 0 Å². The molecule has 20 heavy (non-hydrogen) atoms. The number of hydrogen-bond donors (Lipinski definition) is 0. The minimum Gasteiger partial charge on any atom is -0.368 e. The number of rotatable bonds is 2. The molecule has 0 aliphatic carbocycles. The van der Waals surface area contributed by atoms with Gasteiger partial charge in [-0.15, -0.1) is 0 Å². The van der Waals surface area contributed by atoms with Crippen LogP contribution in [0.4, 0.5) is 4.39 Å². The molecule has 1 atom stereocenters. The molecular formula is C14H16BrClFNO2. The van der Waals surface area contributed by atoms with E-state index in [1.54, 1.807) is 4.90 Å². The highest BCUT2D eigenvalue weighted by atomic mass is 79.9. The van der Waals surface area contributed by atoms with E-state index in [0.29, 0.717) is 24.0 Å². The van der Waals surface area contributed by atoms with Crippen LogP contribution < -0.4 is 0 Å². The van der Waals surface area contributed by atoms with Crippen LogP contribution in [0.1, 0.15) is 24.2 Å². The molecule has 6 heteroatoms. The highest BCUT2D eigenvalue weighted by Gasteiger charge is 2.35. The molecule has 1 amide bonds. The molecule has 0 aromatic heterocycles. The first-order valence-electron chi connectivity index (χ1n) is 6.30. The number of carbonyl (C=O) groups is 1. The van der Waals surface area contributed by atoms with Gasteiger partial charge in [0.05, 0.1) is 22.3 Å². The van der Waals surface area contributed by atoms with Gasteiger partial charge in [-0.2, -0.15) is 0 Å². The van der Waals surface area contributed by atoms with Crippen molar-refractivity contribution in [3.8, 4) is 0 Å². The lowest BCUT2D eigenvalue weighted by Gasteiger charge is -2.42. The molecule has 0 bridgehead atoms. The predicted molar refractivity (Wildman–Crippen MR) is 80.1 cm³/mol. The molecule has 1 saturated heterocycles. The molecule has 1 aliphatic rings. The maximum atomic E-state index is 13.1. The summed E-state index contributed by atoms with van der Waals surface area (Å²) in [4.78, 5) is 14.2. The van der Waals surface area contributed by atoms with E-state index in [1.807, 2.05) is 13.8 Å². The fourth-order valence-corrected chi connectivity index (χ4v) is 2.95. The summed E-state index contributed by atoms with van der Waals surface area (Å²) in [7, 11) is 0. The van der Waals surface area contributed by atoms with Gasteiger partial charge in [0, 0.05) is 18.4 Å². The largest absolute Gasteiger partial charge is 0.368 e. The van der Waals surface area contributed by atoms with Crippen molar-refractivity contribution in [2.45, 2.75) is 25.6 Å². The lowest BCUT2D eigenvalue weighted by Crippen LogP contribution is -2.55. The van der Waals surface area contributed by atoms with Crippen LogP contribution in [-0.4, -0.2) is 40.9 Å². The van der Waals surface area contributed by atoms with E-state index in [-0.39, 0.29) is 17.0 Å². The third-order valence-electron chi connectivity index (χ3n) is 3.10. The highest BCUT2D eigenvalue weighted by Crippen LogP contribution is 2.25. The molecule has 1 heterocycles. The lowest BCUT2D eigenvalue weighted by molar-refractivity contribution is -0.116. The Bertz CT molecular complexity index is 524. The summed E-state index contributed by atoms with van der Waals surface area (Å²) in [5.74, 6) is -0.649. The minimum atomic E-state index is -0.452. The molecule has 1 aromatic rings. The Morgan fingerprint density at radius 2 is 2.30 bits per heavy atom. The standard InChI is InChI=1S/C14H16BrClFNO2/c1-14(2)8-18(7-10(6-15)20-14)13(19)11-4-3-9(17)5-12(11)16/h3-5,10H,6-8H2,1-2H3. The summed E-state index contributed by atoms with van der Waals surface area (Å²) in [6.45, 7) is 4.84. The fraction of sp³-hybridized carbons (Fsp3) is 0.500. The van der Waals surface area contributed by atoms with Crippen LogP contribution in [0.5, 0.6) is 0 Å². The van der Waals surface area contributed by atoms with E-state index >= 15 is 0 Å². The second-order valence-corrected chi connectivity index (χ2v) is 6.52. The molecule has 0 saturated carbocycles. The van der Waals surface area contributed by atoms with Gasteiger partial charge in [0.2, 0.25) is 0 Å². The Labute approximate surface area is 131 Å². The van der Waals surface area contributed by atoms with E-state index in [2.05, 4.69) is 15.9 Å². The molecule has 1 fully saturated rings. The highest BCUT2D eigenvalue weighted by molar-refractivity contribution is 9.09. The third kappa shape index (κ3) is 3.51. The van der Waals surface area contributed by atoms with Crippen molar-refractivity contribution in [3.05, 3.63) is 34.6 Å². The molecule has 110 valence electrons. The van der Waals surface area contributed by atoms with Crippen LogP contribution >= 0.6 is 27.5 Å². The summed E-state index contributed by atoms with van der Waals surface area (Å²) in [6.07, 6.45) is -0.0677. The van der Waals surface area contributed by atoms with Gasteiger partial charge in [-0.3, -0.25) is 4.79 Å². The summed E-state index contributed by atoms with van der Waals surface area (Å²) in [5.41, 5.74) is -0.0992. The average Bonchev–Trinajstić information content (AvgIpc) is 2.36. The van der Waals surface area contributed by atoms with Gasteiger partial charge < -0.3 is 9.64 Å². The quantitative estimate of drug-likeness (QED) is 0.752. The van der Waals surface area contributed by atoms with E-state index in [4.69, 9.17) is 16.3 Å². The first kappa shape index (κ1) is 15.7. The molecule has 1 aliphatic heterocycles. The second kappa shape index (κ2) is 6.00. The number of nitrogens with zero attached hydrogens (tertiary/aromatic N) is 1. The average molecular weight is 365 g/mol. The maximum Gasteiger partial charge on any atom is 0.255 e. The number of halogens is 3. The normalized spacial score (nSPS) is 21.9. The van der Waals surface area contributed by atoms with Gasteiger partial charge >= 0.3 is 0 Å². The van der Waals surface area contributed by atoms with Crippen LogP contribution in [0.2, 0.25) is 5.02 Å². The summed E-state index contributed by atoms with van der Waals surface area (Å²) >= 11 is 9.34. The second-order valence-electron chi connectivity index (χ2n) is 5.46. The first-order chi connectivity index (χ1) is 9.32. The van der Waals surface area contributed by atoms with E-state index in [1.165, 1.54) is 12.1 Å². The number of amides is 1. The maximum absolute atomic E-state index is 13.1. The molecule has 0 spiro atoms. The Morgan fingerprint density at radius 1 is 1.60 bits per heavy atom. The van der Waals surface area contributed by atoms with Gasteiger partial charge in [0.1, 0.15) is 5.82 Å². The van der Waals surface area contributed by atoms with E-state index in [0.717, 1.165) is 6.07 Å². The predicted octanol–water partition coefficient (Wildman–Crippen LogP) is 3.49. The van der Waals surface area contributed by atoms with Crippen LogP contribution in [0.3, 0.4) is 0 Å². The van der Waals surface area contributed by atoms with E-state index < -0.39 is 11.4 Å². The van der Waals surface area contributed by atoms with Gasteiger partial charge in [0.15, 0.2) is 0 Å². The van der Waals surface area contributed by atoms with Gasteiger partial charge in [-0.25, -0.2) is 4.39 Å². The molecule has 1 unspecified atom stereocenters. The summed E-state index contributed by atoms with van der Waals surface area (Å²) in [6, 6.07) is 3.82. The Balaban J connectivity index is 2.23. The zero-order valence-corrected chi connectivity index (χ0v) is 13.7. The Hall–Kier alpha value is -0.650. The van der Waals surface area contributed by atoms with Gasteiger partial charge in [-0.1, -0.05) is 27.5 Å². The molecule has 0 radical (unpaired) electrons. The molecule has 0 N–H and O–H groups in total. The number of alkyl halides is 1. The number of morpholine rings is 1. The van der Waals surface area contributed by atoms with Crippen molar-refractivity contribution in [1.82, 2.24) is 4.90 Å². The van der Waals surface area contributed by atoms with Gasteiger partial charge in [-0.05, 0) is 32.0 Å². The first-order valence-corrected chi connectivity index (χ1v) is 7.80. The minimum absolute atomic E-state index is 0.0677. The summed E-state index contributed by atoms with van der Waals surface area (Å²) < 4.78 is 18.9. The monoisotopic (exact) mass is 363 g/mol. The van der Waals surface area contributed by atoms with Gasteiger partial charge in [0.25, 0.3) is 5.91 Å². The smallest absolute Gasteiger partial charge is 0.255 e. The van der Waals surface area contributed by atoms with E-state index in [9.17, 15) is 9.18 Å². The van der Waals surface area contributed by atoms with Crippen LogP contribution in [0, 0.1) is 5.82 Å². The molecule has 1 aromatic carbocycles. The van der Waals surface area contributed by atoms with Crippen LogP contribution in [-0.2, 0) is 4.74 Å². The third-order valence-corrected chi connectivity index (χ3v) is 4.14. The fourth-order valence-electron chi connectivity index (χ4n) is 2.36. The van der Waals surface area contributed by atoms with Crippen molar-refractivity contribution in [2.75, 3.05) is 18.4 Å². The zero-order valence-electron chi connectivity index (χ0n) is 11.3. The topological polar surface area (TPSA) is 29.5 Å². The number of ether oxygens (including phenoxy) is 1. The molecule has 3 nitrogen and oxygen atoms in total.